The van der Waals surface area contributed by atoms with Gasteiger partial charge in [-0.3, -0.25) is 9.20 Å². The number of hydrogen-bond acceptors (Lipinski definition) is 5. The summed E-state index contributed by atoms with van der Waals surface area (Å²) in [5.74, 6) is 0. The third-order valence-electron chi connectivity index (χ3n) is 3.15. The molecule has 108 valence electrons. The van der Waals surface area contributed by atoms with E-state index in [9.17, 15) is 4.79 Å². The number of pyridine rings is 1. The van der Waals surface area contributed by atoms with Crippen LogP contribution >= 0.6 is 0 Å². The van der Waals surface area contributed by atoms with Crippen molar-refractivity contribution in [2.24, 2.45) is 0 Å². The summed E-state index contributed by atoms with van der Waals surface area (Å²) in [5.41, 5.74) is 2.89. The zero-order valence-electron chi connectivity index (χ0n) is 11.6. The molecule has 3 rings (SSSR count). The number of nitrogens with zero attached hydrogens (tertiary/aromatic N) is 5. The third kappa shape index (κ3) is 2.82. The molecule has 0 saturated carbocycles. The number of aromatic nitrogens is 5. The van der Waals surface area contributed by atoms with Crippen molar-refractivity contribution in [3.8, 4) is 0 Å². The van der Waals surface area contributed by atoms with E-state index < -0.39 is 0 Å². The molecule has 3 heterocycles. The van der Waals surface area contributed by atoms with Gasteiger partial charge in [0.2, 0.25) is 0 Å². The second kappa shape index (κ2) is 5.45. The molecule has 0 saturated heterocycles. The molecule has 0 radical (unpaired) electrons. The number of aliphatic hydroxyl groups excluding tert-OH is 1. The van der Waals surface area contributed by atoms with Crippen LogP contribution in [0.5, 0.6) is 0 Å². The van der Waals surface area contributed by atoms with Crippen LogP contribution < -0.4 is 5.56 Å². The lowest BCUT2D eigenvalue weighted by atomic mass is 10.3. The highest BCUT2D eigenvalue weighted by molar-refractivity contribution is 5.41. The van der Waals surface area contributed by atoms with E-state index >= 15 is 0 Å². The van der Waals surface area contributed by atoms with Crippen molar-refractivity contribution in [2.75, 3.05) is 6.61 Å². The van der Waals surface area contributed by atoms with Crippen LogP contribution in [0.2, 0.25) is 0 Å². The largest absolute Gasteiger partial charge is 0.396 e. The Labute approximate surface area is 120 Å². The standard InChI is InChI=1S/C14H15N5O2/c1-10-2-4-19-13(6-10)15-12(7-14(19)21)9-18-8-11(3-5-20)16-17-18/h2,4,6-8,20H,3,5,9H2,1H3. The summed E-state index contributed by atoms with van der Waals surface area (Å²) >= 11 is 0. The molecule has 0 atom stereocenters. The molecule has 7 heteroatoms. The highest BCUT2D eigenvalue weighted by Crippen LogP contribution is 2.04. The van der Waals surface area contributed by atoms with E-state index in [-0.39, 0.29) is 12.2 Å². The molecule has 0 fully saturated rings. The van der Waals surface area contributed by atoms with Gasteiger partial charge in [0.15, 0.2) is 0 Å². The summed E-state index contributed by atoms with van der Waals surface area (Å²) in [6.45, 7) is 2.36. The fourth-order valence-electron chi connectivity index (χ4n) is 2.15. The van der Waals surface area contributed by atoms with E-state index in [2.05, 4.69) is 15.3 Å². The quantitative estimate of drug-likeness (QED) is 0.739. The van der Waals surface area contributed by atoms with Crippen LogP contribution in [0.4, 0.5) is 0 Å². The van der Waals surface area contributed by atoms with Crippen molar-refractivity contribution in [1.82, 2.24) is 24.4 Å². The predicted octanol–water partition coefficient (Wildman–Crippen LogP) is 0.178. The van der Waals surface area contributed by atoms with E-state index in [1.165, 1.54) is 10.5 Å². The third-order valence-corrected chi connectivity index (χ3v) is 3.15. The highest BCUT2D eigenvalue weighted by Gasteiger charge is 2.05. The lowest BCUT2D eigenvalue weighted by Gasteiger charge is -2.04. The van der Waals surface area contributed by atoms with Crippen LogP contribution in [-0.2, 0) is 13.0 Å². The molecule has 0 aliphatic heterocycles. The average Bonchev–Trinajstić information content (AvgIpc) is 2.86. The molecule has 3 aromatic rings. The van der Waals surface area contributed by atoms with Gasteiger partial charge in [-0.25, -0.2) is 9.67 Å². The Morgan fingerprint density at radius 3 is 2.95 bits per heavy atom. The first-order chi connectivity index (χ1) is 10.2. The van der Waals surface area contributed by atoms with Gasteiger partial charge in [0.05, 0.1) is 17.9 Å². The molecule has 3 aromatic heterocycles. The fourth-order valence-corrected chi connectivity index (χ4v) is 2.15. The maximum atomic E-state index is 12.1. The predicted molar refractivity (Wildman–Crippen MR) is 76.1 cm³/mol. The summed E-state index contributed by atoms with van der Waals surface area (Å²) < 4.78 is 3.12. The van der Waals surface area contributed by atoms with Crippen molar-refractivity contribution in [1.29, 1.82) is 0 Å². The first-order valence-electron chi connectivity index (χ1n) is 6.64. The molecular formula is C14H15N5O2. The Balaban J connectivity index is 1.94. The maximum Gasteiger partial charge on any atom is 0.258 e. The summed E-state index contributed by atoms with van der Waals surface area (Å²) in [6.07, 6.45) is 3.93. The van der Waals surface area contributed by atoms with Gasteiger partial charge in [-0.2, -0.15) is 0 Å². The maximum absolute atomic E-state index is 12.1. The number of aliphatic hydroxyl groups is 1. The molecule has 0 aliphatic rings. The smallest absolute Gasteiger partial charge is 0.258 e. The van der Waals surface area contributed by atoms with Crippen LogP contribution in [0.3, 0.4) is 0 Å². The van der Waals surface area contributed by atoms with Crippen LogP contribution in [0.15, 0.2) is 35.4 Å². The minimum absolute atomic E-state index is 0.0353. The molecule has 0 bridgehead atoms. The van der Waals surface area contributed by atoms with Gasteiger partial charge in [-0.15, -0.1) is 5.10 Å². The number of rotatable bonds is 4. The van der Waals surface area contributed by atoms with E-state index in [0.717, 1.165) is 5.56 Å². The highest BCUT2D eigenvalue weighted by atomic mass is 16.3. The monoisotopic (exact) mass is 285 g/mol. The molecule has 0 aliphatic carbocycles. The zero-order chi connectivity index (χ0) is 14.8. The normalized spacial score (nSPS) is 11.1. The van der Waals surface area contributed by atoms with Crippen molar-refractivity contribution in [3.63, 3.8) is 0 Å². The Morgan fingerprint density at radius 1 is 1.29 bits per heavy atom. The van der Waals surface area contributed by atoms with Crippen molar-refractivity contribution < 1.29 is 5.11 Å². The van der Waals surface area contributed by atoms with Crippen molar-refractivity contribution >= 4 is 5.65 Å². The van der Waals surface area contributed by atoms with Gasteiger partial charge in [0.25, 0.3) is 5.56 Å². The number of fused-ring (bicyclic) bond motifs is 1. The van der Waals surface area contributed by atoms with E-state index in [1.807, 2.05) is 19.1 Å². The van der Waals surface area contributed by atoms with Gasteiger partial charge in [-0.05, 0) is 24.6 Å². The molecule has 0 amide bonds. The molecular weight excluding hydrogens is 270 g/mol. The fraction of sp³-hybridized carbons (Fsp3) is 0.286. The van der Waals surface area contributed by atoms with Gasteiger partial charge >= 0.3 is 0 Å². The van der Waals surface area contributed by atoms with E-state index in [0.29, 0.717) is 30.0 Å². The molecule has 7 nitrogen and oxygen atoms in total. The van der Waals surface area contributed by atoms with Crippen LogP contribution in [0, 0.1) is 6.92 Å². The lowest BCUT2D eigenvalue weighted by molar-refractivity contribution is 0.298. The minimum Gasteiger partial charge on any atom is -0.396 e. The molecule has 1 N–H and O–H groups in total. The zero-order valence-corrected chi connectivity index (χ0v) is 11.6. The van der Waals surface area contributed by atoms with E-state index in [4.69, 9.17) is 5.11 Å². The van der Waals surface area contributed by atoms with Crippen molar-refractivity contribution in [3.05, 3.63) is 57.9 Å². The van der Waals surface area contributed by atoms with E-state index in [1.54, 1.807) is 17.1 Å². The van der Waals surface area contributed by atoms with Gasteiger partial charge in [0, 0.05) is 31.5 Å². The van der Waals surface area contributed by atoms with Gasteiger partial charge in [0.1, 0.15) is 5.65 Å². The van der Waals surface area contributed by atoms with Gasteiger partial charge in [-0.1, -0.05) is 5.21 Å². The molecule has 0 aromatic carbocycles. The van der Waals surface area contributed by atoms with Crippen LogP contribution in [0.1, 0.15) is 17.0 Å². The summed E-state index contributed by atoms with van der Waals surface area (Å²) in [6, 6.07) is 5.23. The SMILES string of the molecule is Cc1ccn2c(=O)cc(Cn3cc(CCO)nn3)nc2c1. The second-order valence-corrected chi connectivity index (χ2v) is 4.90. The average molecular weight is 285 g/mol. The summed E-state index contributed by atoms with van der Waals surface area (Å²) in [7, 11) is 0. The Morgan fingerprint density at radius 2 is 2.14 bits per heavy atom. The van der Waals surface area contributed by atoms with Crippen LogP contribution in [0.25, 0.3) is 5.65 Å². The Kier molecular flexibility index (Phi) is 3.49. The molecule has 0 unspecified atom stereocenters. The number of hydrogen-bond donors (Lipinski definition) is 1. The lowest BCUT2D eigenvalue weighted by Crippen LogP contribution is -2.17. The minimum atomic E-state index is -0.120. The topological polar surface area (TPSA) is 85.3 Å². The van der Waals surface area contributed by atoms with Crippen LogP contribution in [-0.4, -0.2) is 36.1 Å². The number of aryl methyl sites for hydroxylation is 1. The van der Waals surface area contributed by atoms with Gasteiger partial charge < -0.3 is 5.11 Å². The Hall–Kier alpha value is -2.54. The summed E-state index contributed by atoms with van der Waals surface area (Å²) in [4.78, 5) is 16.5. The second-order valence-electron chi connectivity index (χ2n) is 4.90. The first-order valence-corrected chi connectivity index (χ1v) is 6.64. The first kappa shape index (κ1) is 13.4. The summed E-state index contributed by atoms with van der Waals surface area (Å²) in [5, 5.41) is 16.8. The molecule has 21 heavy (non-hydrogen) atoms. The Bertz CT molecular complexity index is 837. The van der Waals surface area contributed by atoms with Crippen molar-refractivity contribution in [2.45, 2.75) is 19.9 Å². The molecule has 0 spiro atoms.